The summed E-state index contributed by atoms with van der Waals surface area (Å²) in [4.78, 5) is 2.73. The average Bonchev–Trinajstić information content (AvgIpc) is 2.80. The van der Waals surface area contributed by atoms with Crippen molar-refractivity contribution in [1.29, 1.82) is 0 Å². The second-order valence-electron chi connectivity index (χ2n) is 6.50. The van der Waals surface area contributed by atoms with Crippen molar-refractivity contribution in [3.63, 3.8) is 0 Å². The van der Waals surface area contributed by atoms with Crippen molar-refractivity contribution in [3.05, 3.63) is 0 Å². The molecule has 18 heavy (non-hydrogen) atoms. The van der Waals surface area contributed by atoms with Gasteiger partial charge in [-0.1, -0.05) is 13.8 Å². The van der Waals surface area contributed by atoms with Gasteiger partial charge in [-0.3, -0.25) is 4.90 Å². The van der Waals surface area contributed by atoms with Gasteiger partial charge in [0.15, 0.2) is 0 Å². The van der Waals surface area contributed by atoms with Crippen LogP contribution in [0.25, 0.3) is 0 Å². The SMILES string of the molecule is CC(C)CN(CC1CCCN1)C1CCOC(C)C1. The lowest BCUT2D eigenvalue weighted by Crippen LogP contribution is -2.48. The van der Waals surface area contributed by atoms with Crippen LogP contribution in [0, 0.1) is 5.92 Å². The fourth-order valence-electron chi connectivity index (χ4n) is 3.34. The van der Waals surface area contributed by atoms with Crippen LogP contribution in [-0.4, -0.2) is 49.3 Å². The lowest BCUT2D eigenvalue weighted by atomic mass is 10.00. The number of nitrogens with one attached hydrogen (secondary N) is 1. The van der Waals surface area contributed by atoms with Gasteiger partial charge in [0, 0.05) is 31.8 Å². The van der Waals surface area contributed by atoms with E-state index in [4.69, 9.17) is 4.74 Å². The molecule has 3 unspecified atom stereocenters. The molecule has 0 aromatic heterocycles. The van der Waals surface area contributed by atoms with Gasteiger partial charge >= 0.3 is 0 Å². The molecule has 2 heterocycles. The molecule has 2 fully saturated rings. The lowest BCUT2D eigenvalue weighted by Gasteiger charge is -2.39. The summed E-state index contributed by atoms with van der Waals surface area (Å²) in [6.45, 7) is 11.5. The first-order chi connectivity index (χ1) is 8.65. The third kappa shape index (κ3) is 4.22. The predicted molar refractivity (Wildman–Crippen MR) is 75.9 cm³/mol. The van der Waals surface area contributed by atoms with E-state index in [-0.39, 0.29) is 0 Å². The zero-order valence-corrected chi connectivity index (χ0v) is 12.3. The Balaban J connectivity index is 1.89. The van der Waals surface area contributed by atoms with E-state index in [0.717, 1.165) is 24.6 Å². The molecule has 1 N–H and O–H groups in total. The highest BCUT2D eigenvalue weighted by atomic mass is 16.5. The number of nitrogens with zero attached hydrogens (tertiary/aromatic N) is 1. The van der Waals surface area contributed by atoms with E-state index < -0.39 is 0 Å². The molecule has 2 aliphatic rings. The summed E-state index contributed by atoms with van der Waals surface area (Å²) in [7, 11) is 0. The van der Waals surface area contributed by atoms with Gasteiger partial charge in [0.05, 0.1) is 6.10 Å². The Kier molecular flexibility index (Phi) is 5.46. The molecule has 3 heteroatoms. The Morgan fingerprint density at radius 1 is 1.33 bits per heavy atom. The Morgan fingerprint density at radius 2 is 2.17 bits per heavy atom. The molecule has 3 nitrogen and oxygen atoms in total. The molecule has 0 amide bonds. The molecule has 3 atom stereocenters. The lowest BCUT2D eigenvalue weighted by molar-refractivity contribution is -0.0214. The summed E-state index contributed by atoms with van der Waals surface area (Å²) < 4.78 is 5.69. The second kappa shape index (κ2) is 6.88. The third-order valence-corrected chi connectivity index (χ3v) is 4.19. The van der Waals surface area contributed by atoms with Crippen molar-refractivity contribution in [2.75, 3.05) is 26.2 Å². The van der Waals surface area contributed by atoms with Crippen LogP contribution in [0.5, 0.6) is 0 Å². The van der Waals surface area contributed by atoms with Crippen LogP contribution in [0.1, 0.15) is 46.5 Å². The minimum absolute atomic E-state index is 0.440. The summed E-state index contributed by atoms with van der Waals surface area (Å²) in [5, 5.41) is 3.64. The molecule has 0 aromatic carbocycles. The predicted octanol–water partition coefficient (Wildman–Crippen LogP) is 2.26. The number of hydrogen-bond donors (Lipinski definition) is 1. The van der Waals surface area contributed by atoms with E-state index in [9.17, 15) is 0 Å². The molecular formula is C15H30N2O. The molecule has 106 valence electrons. The number of hydrogen-bond acceptors (Lipinski definition) is 3. The normalized spacial score (nSPS) is 33.5. The fourth-order valence-corrected chi connectivity index (χ4v) is 3.34. The monoisotopic (exact) mass is 254 g/mol. The highest BCUT2D eigenvalue weighted by Crippen LogP contribution is 2.21. The first kappa shape index (κ1) is 14.3. The first-order valence-corrected chi connectivity index (χ1v) is 7.74. The molecule has 2 aliphatic heterocycles. The van der Waals surface area contributed by atoms with E-state index >= 15 is 0 Å². The fraction of sp³-hybridized carbons (Fsp3) is 1.00. The second-order valence-corrected chi connectivity index (χ2v) is 6.50. The van der Waals surface area contributed by atoms with Crippen LogP contribution in [-0.2, 0) is 4.74 Å². The van der Waals surface area contributed by atoms with Gasteiger partial charge in [-0.2, -0.15) is 0 Å². The molecular weight excluding hydrogens is 224 g/mol. The number of rotatable bonds is 5. The van der Waals surface area contributed by atoms with Crippen LogP contribution in [0.3, 0.4) is 0 Å². The Labute approximate surface area is 112 Å². The molecule has 0 aromatic rings. The largest absolute Gasteiger partial charge is 0.378 e. The van der Waals surface area contributed by atoms with Crippen LogP contribution in [0.15, 0.2) is 0 Å². The maximum atomic E-state index is 5.69. The zero-order chi connectivity index (χ0) is 13.0. The molecule has 2 rings (SSSR count). The van der Waals surface area contributed by atoms with Gasteiger partial charge in [-0.25, -0.2) is 0 Å². The summed E-state index contributed by atoms with van der Waals surface area (Å²) in [6.07, 6.45) is 5.57. The van der Waals surface area contributed by atoms with Crippen molar-refractivity contribution in [2.24, 2.45) is 5.92 Å². The maximum absolute atomic E-state index is 5.69. The quantitative estimate of drug-likeness (QED) is 0.814. The van der Waals surface area contributed by atoms with E-state index in [1.165, 1.54) is 45.3 Å². The maximum Gasteiger partial charge on any atom is 0.0561 e. The van der Waals surface area contributed by atoms with Gasteiger partial charge in [-0.05, 0) is 45.1 Å². The van der Waals surface area contributed by atoms with Gasteiger partial charge < -0.3 is 10.1 Å². The molecule has 0 spiro atoms. The molecule has 0 aliphatic carbocycles. The van der Waals surface area contributed by atoms with Crippen LogP contribution in [0.2, 0.25) is 0 Å². The van der Waals surface area contributed by atoms with Crippen LogP contribution >= 0.6 is 0 Å². The Bertz CT molecular complexity index is 239. The topological polar surface area (TPSA) is 24.5 Å². The van der Waals surface area contributed by atoms with Crippen molar-refractivity contribution < 1.29 is 4.74 Å². The smallest absolute Gasteiger partial charge is 0.0561 e. The summed E-state index contributed by atoms with van der Waals surface area (Å²) in [5.74, 6) is 0.754. The first-order valence-electron chi connectivity index (χ1n) is 7.74. The molecule has 0 saturated carbocycles. The van der Waals surface area contributed by atoms with Gasteiger partial charge in [0.25, 0.3) is 0 Å². The van der Waals surface area contributed by atoms with Crippen molar-refractivity contribution >= 4 is 0 Å². The van der Waals surface area contributed by atoms with E-state index in [0.29, 0.717) is 6.10 Å². The van der Waals surface area contributed by atoms with Gasteiger partial charge in [-0.15, -0.1) is 0 Å². The molecule has 2 saturated heterocycles. The Hall–Kier alpha value is -0.120. The standard InChI is InChI=1S/C15H30N2O/c1-12(2)10-17(11-14-5-4-7-16-14)15-6-8-18-13(3)9-15/h12-16H,4-11H2,1-3H3. The molecule has 0 bridgehead atoms. The Morgan fingerprint density at radius 3 is 2.78 bits per heavy atom. The summed E-state index contributed by atoms with van der Waals surface area (Å²) in [6, 6.07) is 1.46. The highest BCUT2D eigenvalue weighted by Gasteiger charge is 2.28. The highest BCUT2D eigenvalue weighted by molar-refractivity contribution is 4.84. The van der Waals surface area contributed by atoms with E-state index in [1.807, 2.05) is 0 Å². The zero-order valence-electron chi connectivity index (χ0n) is 12.3. The van der Waals surface area contributed by atoms with Crippen LogP contribution in [0.4, 0.5) is 0 Å². The summed E-state index contributed by atoms with van der Waals surface area (Å²) >= 11 is 0. The van der Waals surface area contributed by atoms with Crippen molar-refractivity contribution in [1.82, 2.24) is 10.2 Å². The third-order valence-electron chi connectivity index (χ3n) is 4.19. The minimum Gasteiger partial charge on any atom is -0.378 e. The van der Waals surface area contributed by atoms with Crippen molar-refractivity contribution in [3.8, 4) is 0 Å². The van der Waals surface area contributed by atoms with E-state index in [2.05, 4.69) is 31.0 Å². The molecule has 0 radical (unpaired) electrons. The summed E-state index contributed by atoms with van der Waals surface area (Å²) in [5.41, 5.74) is 0. The average molecular weight is 254 g/mol. The van der Waals surface area contributed by atoms with Crippen LogP contribution < -0.4 is 5.32 Å². The van der Waals surface area contributed by atoms with Crippen molar-refractivity contribution in [2.45, 2.75) is 64.6 Å². The van der Waals surface area contributed by atoms with Gasteiger partial charge in [0.1, 0.15) is 0 Å². The van der Waals surface area contributed by atoms with Gasteiger partial charge in [0.2, 0.25) is 0 Å². The minimum atomic E-state index is 0.440. The number of ether oxygens (including phenoxy) is 1. The van der Waals surface area contributed by atoms with E-state index in [1.54, 1.807) is 0 Å².